The van der Waals surface area contributed by atoms with Crippen molar-refractivity contribution in [1.82, 2.24) is 0 Å². The highest BCUT2D eigenvalue weighted by Crippen LogP contribution is 2.50. The molecule has 0 aromatic heterocycles. The minimum atomic E-state index is -0.0367. The molecule has 0 aliphatic carbocycles. The van der Waals surface area contributed by atoms with Crippen LogP contribution in [0.15, 0.2) is 158 Å². The highest BCUT2D eigenvalue weighted by Gasteiger charge is 2.44. The molecular weight excluding hydrogens is 687 g/mol. The SMILES string of the molecule is CC(C)(C)c1cccc(N2c3cc(C(C)(C)C)ccc3B3c4ccc(C(C)(C)C)cc4N(c4c(-c5ccccc5)cccc4-c4ccccc4)c4cccc2c43)c1. The standard InChI is InChI=1S/C54H53BN2/c1-52(2,3)38-23-16-24-41(33-38)56-46-27-18-28-47-50(46)55(44-31-29-39(34-48(44)56)53(4,5)6)45-32-30-40(54(7,8)9)35-49(45)57(47)51-42(36-19-12-10-13-20-36)25-17-26-43(51)37-21-14-11-15-22-37/h10-35H,1-9H3. The lowest BCUT2D eigenvalue weighted by molar-refractivity contribution is 0.590. The van der Waals surface area contributed by atoms with Gasteiger partial charge in [0.2, 0.25) is 0 Å². The lowest BCUT2D eigenvalue weighted by Crippen LogP contribution is -2.61. The maximum absolute atomic E-state index is 2.61. The van der Waals surface area contributed by atoms with Gasteiger partial charge in [0.1, 0.15) is 0 Å². The van der Waals surface area contributed by atoms with Crippen LogP contribution in [0.4, 0.5) is 34.1 Å². The Morgan fingerprint density at radius 3 is 1.32 bits per heavy atom. The quantitative estimate of drug-likeness (QED) is 0.166. The molecular formula is C54H53BN2. The predicted octanol–water partition coefficient (Wildman–Crippen LogP) is 13.0. The van der Waals surface area contributed by atoms with Gasteiger partial charge in [-0.05, 0) is 96.8 Å². The van der Waals surface area contributed by atoms with Crippen molar-refractivity contribution >= 4 is 57.2 Å². The first kappa shape index (κ1) is 36.8. The summed E-state index contributed by atoms with van der Waals surface area (Å²) in [6, 6.07) is 59.5. The van der Waals surface area contributed by atoms with E-state index in [4.69, 9.17) is 0 Å². The number of hydrogen-bond donors (Lipinski definition) is 0. The molecule has 0 spiro atoms. The number of rotatable bonds is 4. The molecule has 0 N–H and O–H groups in total. The van der Waals surface area contributed by atoms with Gasteiger partial charge in [-0.3, -0.25) is 0 Å². The second-order valence-electron chi connectivity index (χ2n) is 19.1. The Balaban J connectivity index is 1.41. The van der Waals surface area contributed by atoms with Crippen LogP contribution in [0.25, 0.3) is 22.3 Å². The number of fused-ring (bicyclic) bond motifs is 4. The van der Waals surface area contributed by atoms with Crippen LogP contribution >= 0.6 is 0 Å². The third-order valence-corrected chi connectivity index (χ3v) is 12.1. The highest BCUT2D eigenvalue weighted by molar-refractivity contribution is 7.00. The second-order valence-corrected chi connectivity index (χ2v) is 19.1. The summed E-state index contributed by atoms with van der Waals surface area (Å²) >= 11 is 0. The van der Waals surface area contributed by atoms with E-state index < -0.39 is 0 Å². The second kappa shape index (κ2) is 13.4. The largest absolute Gasteiger partial charge is 0.311 e. The predicted molar refractivity (Wildman–Crippen MR) is 247 cm³/mol. The molecule has 0 saturated heterocycles. The Hall–Kier alpha value is -5.80. The van der Waals surface area contributed by atoms with Gasteiger partial charge in [-0.2, -0.15) is 0 Å². The topological polar surface area (TPSA) is 6.48 Å². The number of hydrogen-bond acceptors (Lipinski definition) is 2. The summed E-state index contributed by atoms with van der Waals surface area (Å²) in [5.74, 6) is 0. The Labute approximate surface area is 340 Å². The van der Waals surface area contributed by atoms with Crippen LogP contribution in [0, 0.1) is 0 Å². The van der Waals surface area contributed by atoms with Gasteiger partial charge in [-0.25, -0.2) is 0 Å². The highest BCUT2D eigenvalue weighted by atomic mass is 15.2. The van der Waals surface area contributed by atoms with Crippen molar-refractivity contribution in [2.45, 2.75) is 78.6 Å². The first-order valence-corrected chi connectivity index (χ1v) is 20.6. The van der Waals surface area contributed by atoms with Crippen LogP contribution in [0.1, 0.15) is 79.0 Å². The number of nitrogens with zero attached hydrogens (tertiary/aromatic N) is 2. The fraction of sp³-hybridized carbons (Fsp3) is 0.222. The van der Waals surface area contributed by atoms with Crippen molar-refractivity contribution in [1.29, 1.82) is 0 Å². The van der Waals surface area contributed by atoms with Gasteiger partial charge < -0.3 is 9.80 Å². The molecule has 0 fully saturated rings. The Kier molecular flexibility index (Phi) is 8.66. The molecule has 0 atom stereocenters. The minimum absolute atomic E-state index is 0.00600. The maximum Gasteiger partial charge on any atom is 0.252 e. The van der Waals surface area contributed by atoms with Crippen LogP contribution in [-0.4, -0.2) is 6.71 Å². The molecule has 0 saturated carbocycles. The van der Waals surface area contributed by atoms with Gasteiger partial charge in [0.15, 0.2) is 0 Å². The zero-order valence-electron chi connectivity index (χ0n) is 35.0. The van der Waals surface area contributed by atoms with Gasteiger partial charge in [0, 0.05) is 39.6 Å². The first-order valence-electron chi connectivity index (χ1n) is 20.6. The minimum Gasteiger partial charge on any atom is -0.311 e. The van der Waals surface area contributed by atoms with Crippen molar-refractivity contribution in [2.75, 3.05) is 9.80 Å². The Morgan fingerprint density at radius 2 is 0.807 bits per heavy atom. The lowest BCUT2D eigenvalue weighted by Gasteiger charge is -2.45. The first-order chi connectivity index (χ1) is 27.2. The molecule has 0 unspecified atom stereocenters. The summed E-state index contributed by atoms with van der Waals surface area (Å²) < 4.78 is 0. The maximum atomic E-state index is 2.61. The van der Waals surface area contributed by atoms with Crippen molar-refractivity contribution < 1.29 is 0 Å². The summed E-state index contributed by atoms with van der Waals surface area (Å²) in [6.07, 6.45) is 0. The molecule has 2 nitrogen and oxygen atoms in total. The van der Waals surface area contributed by atoms with Crippen molar-refractivity contribution in [3.63, 3.8) is 0 Å². The summed E-state index contributed by atoms with van der Waals surface area (Å²) in [5, 5.41) is 0. The summed E-state index contributed by atoms with van der Waals surface area (Å²) in [4.78, 5) is 5.17. The zero-order valence-corrected chi connectivity index (χ0v) is 35.0. The average Bonchev–Trinajstić information content (AvgIpc) is 3.20. The van der Waals surface area contributed by atoms with E-state index in [9.17, 15) is 0 Å². The normalized spacial score (nSPS) is 13.6. The van der Waals surface area contributed by atoms with Gasteiger partial charge in [-0.1, -0.05) is 184 Å². The summed E-state index contributed by atoms with van der Waals surface area (Å²) in [5.41, 5.74) is 20.1. The van der Waals surface area contributed by atoms with E-state index >= 15 is 0 Å². The van der Waals surface area contributed by atoms with Crippen LogP contribution in [0.2, 0.25) is 0 Å². The average molecular weight is 741 g/mol. The fourth-order valence-corrected chi connectivity index (χ4v) is 8.98. The molecule has 3 heteroatoms. The van der Waals surface area contributed by atoms with Crippen LogP contribution in [0.3, 0.4) is 0 Å². The smallest absolute Gasteiger partial charge is 0.252 e. The third-order valence-electron chi connectivity index (χ3n) is 12.1. The van der Waals surface area contributed by atoms with Crippen molar-refractivity contribution in [3.05, 3.63) is 174 Å². The molecule has 57 heavy (non-hydrogen) atoms. The van der Waals surface area contributed by atoms with E-state index in [0.29, 0.717) is 0 Å². The monoisotopic (exact) mass is 740 g/mol. The molecule has 0 radical (unpaired) electrons. The molecule has 0 amide bonds. The molecule has 0 bridgehead atoms. The van der Waals surface area contributed by atoms with Gasteiger partial charge in [-0.15, -0.1) is 0 Å². The molecule has 2 aliphatic rings. The number of para-hydroxylation sites is 1. The van der Waals surface area contributed by atoms with E-state index in [1.165, 1.54) is 89.5 Å². The number of benzene rings is 7. The molecule has 282 valence electrons. The van der Waals surface area contributed by atoms with Crippen molar-refractivity contribution in [2.24, 2.45) is 0 Å². The Bertz CT molecular complexity index is 2580. The van der Waals surface area contributed by atoms with Crippen LogP contribution in [0.5, 0.6) is 0 Å². The molecule has 9 rings (SSSR count). The van der Waals surface area contributed by atoms with Crippen LogP contribution < -0.4 is 26.2 Å². The molecule has 2 heterocycles. The van der Waals surface area contributed by atoms with Crippen LogP contribution in [-0.2, 0) is 16.2 Å². The van der Waals surface area contributed by atoms with E-state index in [1.54, 1.807) is 0 Å². The van der Waals surface area contributed by atoms with E-state index in [0.717, 1.165) is 0 Å². The zero-order chi connectivity index (χ0) is 39.9. The summed E-state index contributed by atoms with van der Waals surface area (Å²) in [7, 11) is 0. The van der Waals surface area contributed by atoms with Crippen molar-refractivity contribution in [3.8, 4) is 22.3 Å². The van der Waals surface area contributed by atoms with E-state index in [-0.39, 0.29) is 23.0 Å². The van der Waals surface area contributed by atoms with E-state index in [1.807, 2.05) is 0 Å². The third kappa shape index (κ3) is 6.29. The van der Waals surface area contributed by atoms with Gasteiger partial charge >= 0.3 is 0 Å². The van der Waals surface area contributed by atoms with Gasteiger partial charge in [0.25, 0.3) is 6.71 Å². The van der Waals surface area contributed by atoms with Gasteiger partial charge in [0.05, 0.1) is 5.69 Å². The Morgan fingerprint density at radius 1 is 0.368 bits per heavy atom. The van der Waals surface area contributed by atoms with E-state index in [2.05, 4.69) is 230 Å². The molecule has 7 aromatic rings. The number of anilines is 6. The lowest BCUT2D eigenvalue weighted by atomic mass is 9.33. The fourth-order valence-electron chi connectivity index (χ4n) is 8.98. The molecule has 7 aromatic carbocycles. The molecule has 2 aliphatic heterocycles. The summed E-state index contributed by atoms with van der Waals surface area (Å²) in [6.45, 7) is 20.9.